The molecule has 0 spiro atoms. The monoisotopic (exact) mass is 260 g/mol. The Morgan fingerprint density at radius 3 is 2.68 bits per heavy atom. The highest BCUT2D eigenvalue weighted by atomic mass is 16.3. The van der Waals surface area contributed by atoms with Crippen LogP contribution in [0.25, 0.3) is 5.69 Å². The van der Waals surface area contributed by atoms with Crippen LogP contribution in [0.2, 0.25) is 0 Å². The van der Waals surface area contributed by atoms with Crippen molar-refractivity contribution < 1.29 is 5.11 Å². The molecular formula is C14H20N4O. The molecule has 0 unspecified atom stereocenters. The summed E-state index contributed by atoms with van der Waals surface area (Å²) >= 11 is 0. The van der Waals surface area contributed by atoms with Crippen molar-refractivity contribution >= 4 is 5.69 Å². The standard InChI is InChI=1S/C14H20N4O/c1-2-14-13(16-9-3-8-15)10-17-18(14)11-4-6-12(19)7-5-11/h4-7,10,16,19H,2-3,8-9,15H2,1H3. The Labute approximate surface area is 113 Å². The van der Waals surface area contributed by atoms with E-state index in [9.17, 15) is 5.11 Å². The molecule has 2 aromatic rings. The molecule has 0 radical (unpaired) electrons. The van der Waals surface area contributed by atoms with Crippen molar-refractivity contribution in [3.8, 4) is 11.4 Å². The number of anilines is 1. The smallest absolute Gasteiger partial charge is 0.115 e. The fraction of sp³-hybridized carbons (Fsp3) is 0.357. The molecule has 5 nitrogen and oxygen atoms in total. The van der Waals surface area contributed by atoms with Gasteiger partial charge in [-0.1, -0.05) is 6.92 Å². The first-order valence-electron chi connectivity index (χ1n) is 6.56. The summed E-state index contributed by atoms with van der Waals surface area (Å²) in [7, 11) is 0. The van der Waals surface area contributed by atoms with Gasteiger partial charge in [0.25, 0.3) is 0 Å². The van der Waals surface area contributed by atoms with Crippen molar-refractivity contribution in [3.63, 3.8) is 0 Å². The first-order valence-corrected chi connectivity index (χ1v) is 6.56. The molecule has 1 aromatic carbocycles. The summed E-state index contributed by atoms with van der Waals surface area (Å²) < 4.78 is 1.89. The fourth-order valence-electron chi connectivity index (χ4n) is 2.00. The van der Waals surface area contributed by atoms with Gasteiger partial charge in [-0.15, -0.1) is 0 Å². The van der Waals surface area contributed by atoms with E-state index in [1.807, 2.05) is 23.0 Å². The molecule has 0 aliphatic carbocycles. The lowest BCUT2D eigenvalue weighted by Gasteiger charge is -2.09. The van der Waals surface area contributed by atoms with Crippen LogP contribution in [0.15, 0.2) is 30.5 Å². The molecule has 5 heteroatoms. The molecule has 0 fully saturated rings. The van der Waals surface area contributed by atoms with Gasteiger partial charge in [0, 0.05) is 6.54 Å². The van der Waals surface area contributed by atoms with Gasteiger partial charge in [0.2, 0.25) is 0 Å². The summed E-state index contributed by atoms with van der Waals surface area (Å²) in [5.41, 5.74) is 8.61. The minimum Gasteiger partial charge on any atom is -0.508 e. The van der Waals surface area contributed by atoms with Gasteiger partial charge in [-0.05, 0) is 43.7 Å². The van der Waals surface area contributed by atoms with E-state index in [2.05, 4.69) is 17.3 Å². The number of phenols is 1. The van der Waals surface area contributed by atoms with Crippen LogP contribution in [0.1, 0.15) is 19.0 Å². The number of nitrogens with two attached hydrogens (primary N) is 1. The van der Waals surface area contributed by atoms with Crippen molar-refractivity contribution in [1.82, 2.24) is 9.78 Å². The van der Waals surface area contributed by atoms with E-state index < -0.39 is 0 Å². The number of nitrogens with one attached hydrogen (secondary N) is 1. The molecule has 0 saturated heterocycles. The largest absolute Gasteiger partial charge is 0.508 e. The van der Waals surface area contributed by atoms with E-state index >= 15 is 0 Å². The van der Waals surface area contributed by atoms with Crippen LogP contribution in [-0.4, -0.2) is 28.0 Å². The SMILES string of the molecule is CCc1c(NCCCN)cnn1-c1ccc(O)cc1. The Morgan fingerprint density at radius 2 is 2.05 bits per heavy atom. The van der Waals surface area contributed by atoms with Gasteiger partial charge >= 0.3 is 0 Å². The fourth-order valence-corrected chi connectivity index (χ4v) is 2.00. The van der Waals surface area contributed by atoms with Crippen molar-refractivity contribution in [1.29, 1.82) is 0 Å². The van der Waals surface area contributed by atoms with Crippen LogP contribution < -0.4 is 11.1 Å². The Morgan fingerprint density at radius 1 is 1.32 bits per heavy atom. The second kappa shape index (κ2) is 6.24. The summed E-state index contributed by atoms with van der Waals surface area (Å²) in [5, 5.41) is 17.1. The molecular weight excluding hydrogens is 240 g/mol. The van der Waals surface area contributed by atoms with E-state index in [0.29, 0.717) is 6.54 Å². The lowest BCUT2D eigenvalue weighted by molar-refractivity contribution is 0.475. The molecule has 0 aliphatic heterocycles. The minimum absolute atomic E-state index is 0.259. The molecule has 19 heavy (non-hydrogen) atoms. The van der Waals surface area contributed by atoms with E-state index in [-0.39, 0.29) is 5.75 Å². The Balaban J connectivity index is 2.23. The zero-order valence-electron chi connectivity index (χ0n) is 11.1. The van der Waals surface area contributed by atoms with Crippen molar-refractivity contribution in [2.75, 3.05) is 18.4 Å². The van der Waals surface area contributed by atoms with Crippen LogP contribution in [0.5, 0.6) is 5.75 Å². The normalized spacial score (nSPS) is 10.6. The van der Waals surface area contributed by atoms with Gasteiger partial charge in [-0.25, -0.2) is 4.68 Å². The first kappa shape index (κ1) is 13.4. The Hall–Kier alpha value is -2.01. The summed E-state index contributed by atoms with van der Waals surface area (Å²) in [6, 6.07) is 7.03. The summed E-state index contributed by atoms with van der Waals surface area (Å²) in [4.78, 5) is 0. The van der Waals surface area contributed by atoms with Crippen molar-refractivity contribution in [2.24, 2.45) is 5.73 Å². The highest BCUT2D eigenvalue weighted by molar-refractivity contribution is 5.50. The Bertz CT molecular complexity index is 519. The van der Waals surface area contributed by atoms with Crippen LogP contribution in [-0.2, 0) is 6.42 Å². The van der Waals surface area contributed by atoms with E-state index in [1.54, 1.807) is 12.1 Å². The number of hydrogen-bond donors (Lipinski definition) is 3. The minimum atomic E-state index is 0.259. The third-order valence-electron chi connectivity index (χ3n) is 2.99. The number of rotatable bonds is 6. The topological polar surface area (TPSA) is 76.1 Å². The summed E-state index contributed by atoms with van der Waals surface area (Å²) in [5.74, 6) is 0.259. The van der Waals surface area contributed by atoms with Gasteiger partial charge in [-0.2, -0.15) is 5.10 Å². The maximum atomic E-state index is 9.32. The van der Waals surface area contributed by atoms with E-state index in [0.717, 1.165) is 36.5 Å². The molecule has 0 atom stereocenters. The number of hydrogen-bond acceptors (Lipinski definition) is 4. The van der Waals surface area contributed by atoms with Gasteiger partial charge in [0.05, 0.1) is 23.3 Å². The van der Waals surface area contributed by atoms with Crippen LogP contribution >= 0.6 is 0 Å². The molecule has 2 rings (SSSR count). The first-order chi connectivity index (χ1) is 9.26. The number of nitrogens with zero attached hydrogens (tertiary/aromatic N) is 2. The van der Waals surface area contributed by atoms with Crippen LogP contribution in [0, 0.1) is 0 Å². The number of aromatic hydroxyl groups is 1. The van der Waals surface area contributed by atoms with Crippen LogP contribution in [0.4, 0.5) is 5.69 Å². The lowest BCUT2D eigenvalue weighted by atomic mass is 10.2. The van der Waals surface area contributed by atoms with Crippen LogP contribution in [0.3, 0.4) is 0 Å². The van der Waals surface area contributed by atoms with E-state index in [4.69, 9.17) is 5.73 Å². The Kier molecular flexibility index (Phi) is 4.41. The maximum Gasteiger partial charge on any atom is 0.115 e. The summed E-state index contributed by atoms with van der Waals surface area (Å²) in [6.07, 6.45) is 3.65. The zero-order valence-corrected chi connectivity index (χ0v) is 11.1. The summed E-state index contributed by atoms with van der Waals surface area (Å²) in [6.45, 7) is 3.63. The molecule has 0 amide bonds. The average Bonchev–Trinajstić information content (AvgIpc) is 2.83. The van der Waals surface area contributed by atoms with Crippen molar-refractivity contribution in [3.05, 3.63) is 36.2 Å². The quantitative estimate of drug-likeness (QED) is 0.693. The molecule has 1 heterocycles. The predicted molar refractivity (Wildman–Crippen MR) is 76.8 cm³/mol. The number of phenolic OH excluding ortho intramolecular Hbond substituents is 1. The second-order valence-corrected chi connectivity index (χ2v) is 4.36. The van der Waals surface area contributed by atoms with Gasteiger partial charge < -0.3 is 16.2 Å². The molecule has 0 bridgehead atoms. The van der Waals surface area contributed by atoms with Gasteiger partial charge in [0.1, 0.15) is 5.75 Å². The average molecular weight is 260 g/mol. The zero-order chi connectivity index (χ0) is 13.7. The lowest BCUT2D eigenvalue weighted by Crippen LogP contribution is -2.10. The molecule has 0 aliphatic rings. The predicted octanol–water partition coefficient (Wildman–Crippen LogP) is 1.90. The highest BCUT2D eigenvalue weighted by Crippen LogP contribution is 2.21. The third kappa shape index (κ3) is 3.06. The number of benzene rings is 1. The van der Waals surface area contributed by atoms with Crippen molar-refractivity contribution in [2.45, 2.75) is 19.8 Å². The third-order valence-corrected chi connectivity index (χ3v) is 2.99. The molecule has 102 valence electrons. The van der Waals surface area contributed by atoms with Gasteiger partial charge in [0.15, 0.2) is 0 Å². The highest BCUT2D eigenvalue weighted by Gasteiger charge is 2.10. The van der Waals surface area contributed by atoms with E-state index in [1.165, 1.54) is 0 Å². The number of aromatic nitrogens is 2. The molecule has 0 saturated carbocycles. The van der Waals surface area contributed by atoms with Gasteiger partial charge in [-0.3, -0.25) is 0 Å². The molecule has 4 N–H and O–H groups in total. The maximum absolute atomic E-state index is 9.32. The molecule has 1 aromatic heterocycles. The second-order valence-electron chi connectivity index (χ2n) is 4.36.